The Morgan fingerprint density at radius 3 is 2.67 bits per heavy atom. The van der Waals surface area contributed by atoms with Crippen LogP contribution in [0.3, 0.4) is 0 Å². The van der Waals surface area contributed by atoms with Crippen LogP contribution in [0.25, 0.3) is 0 Å². The summed E-state index contributed by atoms with van der Waals surface area (Å²) >= 11 is 3.57. The van der Waals surface area contributed by atoms with Crippen LogP contribution < -0.4 is 5.32 Å². The van der Waals surface area contributed by atoms with Gasteiger partial charge in [-0.25, -0.2) is 0 Å². The van der Waals surface area contributed by atoms with Crippen LogP contribution in [0, 0.1) is 0 Å². The van der Waals surface area contributed by atoms with Gasteiger partial charge in [0.15, 0.2) is 0 Å². The van der Waals surface area contributed by atoms with Crippen molar-refractivity contribution in [2.45, 2.75) is 32.1 Å². The molecule has 0 radical (unpaired) electrons. The molecular formula is C14H20BrNO2. The summed E-state index contributed by atoms with van der Waals surface area (Å²) in [5, 5.41) is 11.9. The van der Waals surface area contributed by atoms with Crippen LogP contribution in [0.2, 0.25) is 0 Å². The van der Waals surface area contributed by atoms with Crippen molar-refractivity contribution in [2.75, 3.05) is 13.1 Å². The Bertz CT molecular complexity index is 405. The van der Waals surface area contributed by atoms with Crippen molar-refractivity contribution in [1.82, 2.24) is 5.32 Å². The first-order chi connectivity index (χ1) is 8.43. The second kappa shape index (κ2) is 6.90. The molecule has 3 nitrogen and oxygen atoms in total. The van der Waals surface area contributed by atoms with Gasteiger partial charge in [-0.2, -0.15) is 0 Å². The summed E-state index contributed by atoms with van der Waals surface area (Å²) in [7, 11) is 0. The number of halogens is 1. The van der Waals surface area contributed by atoms with E-state index < -0.39 is 5.97 Å². The number of carbonyl (C=O) groups is 1. The number of carboxylic acids is 1. The molecule has 0 aliphatic rings. The van der Waals surface area contributed by atoms with Crippen LogP contribution in [0.1, 0.15) is 32.3 Å². The molecule has 0 saturated carbocycles. The molecule has 0 heterocycles. The van der Waals surface area contributed by atoms with Crippen molar-refractivity contribution in [3.63, 3.8) is 0 Å². The molecule has 0 spiro atoms. The lowest BCUT2D eigenvalue weighted by Gasteiger charge is -2.27. The molecule has 2 N–H and O–H groups in total. The number of benzene rings is 1. The largest absolute Gasteiger partial charge is 0.481 e. The molecule has 0 amide bonds. The van der Waals surface area contributed by atoms with E-state index in [1.54, 1.807) is 0 Å². The van der Waals surface area contributed by atoms with Crippen LogP contribution in [0.5, 0.6) is 0 Å². The van der Waals surface area contributed by atoms with Crippen molar-refractivity contribution in [2.24, 2.45) is 0 Å². The quantitative estimate of drug-likeness (QED) is 0.760. The highest BCUT2D eigenvalue weighted by Gasteiger charge is 2.22. The van der Waals surface area contributed by atoms with Gasteiger partial charge in [-0.3, -0.25) is 4.79 Å². The van der Waals surface area contributed by atoms with Gasteiger partial charge in [0.1, 0.15) is 0 Å². The molecule has 1 aromatic rings. The fourth-order valence-electron chi connectivity index (χ4n) is 1.87. The molecule has 18 heavy (non-hydrogen) atoms. The van der Waals surface area contributed by atoms with Gasteiger partial charge in [-0.15, -0.1) is 0 Å². The van der Waals surface area contributed by atoms with Crippen LogP contribution in [-0.4, -0.2) is 24.2 Å². The number of carboxylic acid groups (broad SMARTS) is 1. The van der Waals surface area contributed by atoms with E-state index in [0.29, 0.717) is 6.42 Å². The van der Waals surface area contributed by atoms with Crippen molar-refractivity contribution in [3.05, 3.63) is 34.3 Å². The first-order valence-corrected chi connectivity index (χ1v) is 6.90. The summed E-state index contributed by atoms with van der Waals surface area (Å²) in [4.78, 5) is 10.4. The van der Waals surface area contributed by atoms with E-state index >= 15 is 0 Å². The third kappa shape index (κ3) is 4.78. The Hall–Kier alpha value is -0.870. The third-order valence-corrected chi connectivity index (χ3v) is 3.61. The van der Waals surface area contributed by atoms with Gasteiger partial charge in [0.05, 0.1) is 0 Å². The summed E-state index contributed by atoms with van der Waals surface area (Å²) in [5.41, 5.74) is 1.28. The van der Waals surface area contributed by atoms with Crippen molar-refractivity contribution < 1.29 is 9.90 Å². The predicted molar refractivity (Wildman–Crippen MR) is 76.9 cm³/mol. The average Bonchev–Trinajstić information content (AvgIpc) is 2.28. The van der Waals surface area contributed by atoms with Crippen LogP contribution in [0.15, 0.2) is 28.7 Å². The lowest BCUT2D eigenvalue weighted by atomic mass is 9.84. The smallest absolute Gasteiger partial charge is 0.303 e. The third-order valence-electron chi connectivity index (χ3n) is 2.91. The highest BCUT2D eigenvalue weighted by Crippen LogP contribution is 2.29. The molecule has 0 aromatic heterocycles. The molecule has 0 aliphatic heterocycles. The van der Waals surface area contributed by atoms with Gasteiger partial charge >= 0.3 is 5.97 Å². The summed E-state index contributed by atoms with van der Waals surface area (Å²) < 4.78 is 1.11. The van der Waals surface area contributed by atoms with E-state index in [1.165, 1.54) is 5.56 Å². The van der Waals surface area contributed by atoms with Gasteiger partial charge in [0.2, 0.25) is 0 Å². The zero-order chi connectivity index (χ0) is 13.6. The maximum absolute atomic E-state index is 10.4. The Morgan fingerprint density at radius 2 is 2.06 bits per heavy atom. The molecular weight excluding hydrogens is 294 g/mol. The topological polar surface area (TPSA) is 49.3 Å². The van der Waals surface area contributed by atoms with Gasteiger partial charge in [0.25, 0.3) is 0 Å². The number of hydrogen-bond acceptors (Lipinski definition) is 2. The number of nitrogens with one attached hydrogen (secondary N) is 1. The molecule has 0 bridgehead atoms. The molecule has 0 fully saturated rings. The summed E-state index contributed by atoms with van der Waals surface area (Å²) in [6, 6.07) is 8.20. The fraction of sp³-hybridized carbons (Fsp3) is 0.500. The monoisotopic (exact) mass is 313 g/mol. The zero-order valence-corrected chi connectivity index (χ0v) is 12.5. The van der Waals surface area contributed by atoms with E-state index in [2.05, 4.69) is 41.2 Å². The highest BCUT2D eigenvalue weighted by atomic mass is 79.9. The molecule has 0 atom stereocenters. The normalized spacial score (nSPS) is 11.5. The molecule has 100 valence electrons. The van der Waals surface area contributed by atoms with Gasteiger partial charge in [-0.05, 0) is 24.6 Å². The Morgan fingerprint density at radius 1 is 1.39 bits per heavy atom. The van der Waals surface area contributed by atoms with Crippen LogP contribution in [0.4, 0.5) is 0 Å². The second-order valence-corrected chi connectivity index (χ2v) is 5.89. The van der Waals surface area contributed by atoms with Crippen LogP contribution in [-0.2, 0) is 10.2 Å². The molecule has 0 aliphatic carbocycles. The maximum atomic E-state index is 10.4. The van der Waals surface area contributed by atoms with Gasteiger partial charge < -0.3 is 10.4 Å². The Labute approximate surface area is 117 Å². The zero-order valence-electron chi connectivity index (χ0n) is 10.9. The molecule has 0 saturated heterocycles. The summed E-state index contributed by atoms with van der Waals surface area (Å²) in [6.45, 7) is 5.92. The van der Waals surface area contributed by atoms with Crippen molar-refractivity contribution in [1.29, 1.82) is 0 Å². The Kier molecular flexibility index (Phi) is 5.82. The molecule has 1 rings (SSSR count). The second-order valence-electron chi connectivity index (χ2n) is 5.04. The van der Waals surface area contributed by atoms with E-state index in [1.807, 2.05) is 18.2 Å². The lowest BCUT2D eigenvalue weighted by molar-refractivity contribution is -0.137. The SMILES string of the molecule is CC(C)(CNCCCC(=O)O)c1ccccc1Br. The Balaban J connectivity index is 2.45. The number of rotatable bonds is 7. The fourth-order valence-corrected chi connectivity index (χ4v) is 2.69. The van der Waals surface area contributed by atoms with Gasteiger partial charge in [-0.1, -0.05) is 48.0 Å². The van der Waals surface area contributed by atoms with E-state index in [9.17, 15) is 4.79 Å². The summed E-state index contributed by atoms with van der Waals surface area (Å²) in [5.74, 6) is -0.734. The van der Waals surface area contributed by atoms with Crippen LogP contribution >= 0.6 is 15.9 Å². The lowest BCUT2D eigenvalue weighted by Crippen LogP contribution is -2.33. The van der Waals surface area contributed by atoms with E-state index in [-0.39, 0.29) is 11.8 Å². The molecule has 0 unspecified atom stereocenters. The standard InChI is InChI=1S/C14H20BrNO2/c1-14(2,10-16-9-5-8-13(17)18)11-6-3-4-7-12(11)15/h3-4,6-7,16H,5,8-10H2,1-2H3,(H,17,18). The molecule has 1 aromatic carbocycles. The minimum Gasteiger partial charge on any atom is -0.481 e. The van der Waals surface area contributed by atoms with Gasteiger partial charge in [0, 0.05) is 22.9 Å². The summed E-state index contributed by atoms with van der Waals surface area (Å²) in [6.07, 6.45) is 0.893. The predicted octanol–water partition coefficient (Wildman–Crippen LogP) is 3.18. The number of hydrogen-bond donors (Lipinski definition) is 2. The average molecular weight is 314 g/mol. The number of aliphatic carboxylic acids is 1. The minimum absolute atomic E-state index is 0.0172. The van der Waals surface area contributed by atoms with E-state index in [4.69, 9.17) is 5.11 Å². The first-order valence-electron chi connectivity index (χ1n) is 6.11. The highest BCUT2D eigenvalue weighted by molar-refractivity contribution is 9.10. The minimum atomic E-state index is -0.734. The maximum Gasteiger partial charge on any atom is 0.303 e. The van der Waals surface area contributed by atoms with E-state index in [0.717, 1.165) is 17.6 Å². The first kappa shape index (κ1) is 15.2. The molecule has 4 heteroatoms. The van der Waals surface area contributed by atoms with Crippen molar-refractivity contribution in [3.8, 4) is 0 Å². The van der Waals surface area contributed by atoms with Crippen molar-refractivity contribution >= 4 is 21.9 Å².